The minimum atomic E-state index is 0.691. The minimum absolute atomic E-state index is 0.691. The van der Waals surface area contributed by atoms with Gasteiger partial charge in [0.25, 0.3) is 0 Å². The maximum absolute atomic E-state index is 4.96. The van der Waals surface area contributed by atoms with E-state index in [1.54, 1.807) is 18.4 Å². The van der Waals surface area contributed by atoms with E-state index in [1.165, 1.54) is 11.8 Å². The maximum atomic E-state index is 4.96. The molecule has 2 aromatic rings. The van der Waals surface area contributed by atoms with E-state index in [4.69, 9.17) is 4.74 Å². The number of ether oxygens (including phenoxy) is 1. The molecule has 0 spiro atoms. The highest BCUT2D eigenvalue weighted by atomic mass is 32.2. The standard InChI is InChI=1S/C11H15N5OS2/c1-8-15-16-11(18-8)19-10-13-6-9(7-14-10)5-12-3-4-17-2/h6-7,12H,3-5H2,1-2H3. The van der Waals surface area contributed by atoms with Gasteiger partial charge in [-0.3, -0.25) is 0 Å². The maximum Gasteiger partial charge on any atom is 0.194 e. The van der Waals surface area contributed by atoms with Gasteiger partial charge in [-0.25, -0.2) is 9.97 Å². The van der Waals surface area contributed by atoms with Gasteiger partial charge in [0.1, 0.15) is 5.01 Å². The van der Waals surface area contributed by atoms with Crippen molar-refractivity contribution in [2.75, 3.05) is 20.3 Å². The first-order valence-corrected chi connectivity index (χ1v) is 7.40. The summed E-state index contributed by atoms with van der Waals surface area (Å²) in [5.41, 5.74) is 1.05. The first-order chi connectivity index (χ1) is 9.28. The quantitative estimate of drug-likeness (QED) is 0.613. The highest BCUT2D eigenvalue weighted by Crippen LogP contribution is 2.26. The normalized spacial score (nSPS) is 10.8. The van der Waals surface area contributed by atoms with Gasteiger partial charge in [0, 0.05) is 38.2 Å². The summed E-state index contributed by atoms with van der Waals surface area (Å²) in [4.78, 5) is 8.60. The Bertz CT molecular complexity index is 502. The Morgan fingerprint density at radius 2 is 2.11 bits per heavy atom. The Labute approximate surface area is 120 Å². The van der Waals surface area contributed by atoms with Crippen molar-refractivity contribution in [3.8, 4) is 0 Å². The highest BCUT2D eigenvalue weighted by molar-refractivity contribution is 8.00. The zero-order valence-electron chi connectivity index (χ0n) is 10.8. The van der Waals surface area contributed by atoms with Gasteiger partial charge in [-0.1, -0.05) is 11.3 Å². The van der Waals surface area contributed by atoms with Crippen LogP contribution < -0.4 is 5.32 Å². The molecule has 0 aliphatic rings. The molecule has 2 aromatic heterocycles. The number of hydrogen-bond acceptors (Lipinski definition) is 8. The molecule has 0 atom stereocenters. The summed E-state index contributed by atoms with van der Waals surface area (Å²) in [5, 5.41) is 12.9. The van der Waals surface area contributed by atoms with Crippen LogP contribution in [0, 0.1) is 6.92 Å². The third-order valence-electron chi connectivity index (χ3n) is 2.18. The van der Waals surface area contributed by atoms with E-state index in [1.807, 2.05) is 19.3 Å². The molecule has 0 bridgehead atoms. The molecule has 0 saturated carbocycles. The van der Waals surface area contributed by atoms with E-state index in [-0.39, 0.29) is 0 Å². The number of nitrogens with zero attached hydrogens (tertiary/aromatic N) is 4. The molecular weight excluding hydrogens is 282 g/mol. The second-order valence-electron chi connectivity index (χ2n) is 3.73. The van der Waals surface area contributed by atoms with Crippen LogP contribution in [0.1, 0.15) is 10.6 Å². The minimum Gasteiger partial charge on any atom is -0.383 e. The predicted molar refractivity (Wildman–Crippen MR) is 74.4 cm³/mol. The van der Waals surface area contributed by atoms with E-state index in [2.05, 4.69) is 25.5 Å². The molecule has 0 unspecified atom stereocenters. The van der Waals surface area contributed by atoms with Crippen molar-refractivity contribution in [2.24, 2.45) is 0 Å². The second kappa shape index (κ2) is 7.49. The Balaban J connectivity index is 1.84. The van der Waals surface area contributed by atoms with E-state index in [0.29, 0.717) is 11.8 Å². The van der Waals surface area contributed by atoms with E-state index >= 15 is 0 Å². The van der Waals surface area contributed by atoms with Gasteiger partial charge in [0.05, 0.1) is 6.61 Å². The monoisotopic (exact) mass is 297 g/mol. The van der Waals surface area contributed by atoms with Crippen molar-refractivity contribution in [2.45, 2.75) is 23.0 Å². The SMILES string of the molecule is COCCNCc1cnc(Sc2nnc(C)s2)nc1. The van der Waals surface area contributed by atoms with Crippen LogP contribution >= 0.6 is 23.1 Å². The number of aryl methyl sites for hydroxylation is 1. The Hall–Kier alpha value is -1.09. The molecule has 0 aliphatic heterocycles. The number of hydrogen-bond donors (Lipinski definition) is 1. The summed E-state index contributed by atoms with van der Waals surface area (Å²) in [6.45, 7) is 4.19. The first kappa shape index (κ1) is 14.3. The molecule has 0 aliphatic carbocycles. The third-order valence-corrected chi connectivity index (χ3v) is 3.96. The largest absolute Gasteiger partial charge is 0.383 e. The molecule has 6 nitrogen and oxygen atoms in total. The molecule has 0 amide bonds. The van der Waals surface area contributed by atoms with Crippen molar-refractivity contribution < 1.29 is 4.74 Å². The van der Waals surface area contributed by atoms with Crippen molar-refractivity contribution >= 4 is 23.1 Å². The third kappa shape index (κ3) is 4.83. The molecule has 102 valence electrons. The van der Waals surface area contributed by atoms with Crippen LogP contribution in [0.3, 0.4) is 0 Å². The average Bonchev–Trinajstić information content (AvgIpc) is 2.82. The van der Waals surface area contributed by atoms with E-state index in [0.717, 1.165) is 28.0 Å². The lowest BCUT2D eigenvalue weighted by Crippen LogP contribution is -2.18. The number of aromatic nitrogens is 4. The smallest absolute Gasteiger partial charge is 0.194 e. The molecule has 0 radical (unpaired) electrons. The van der Waals surface area contributed by atoms with E-state index in [9.17, 15) is 0 Å². The molecule has 2 heterocycles. The zero-order valence-corrected chi connectivity index (χ0v) is 12.4. The summed E-state index contributed by atoms with van der Waals surface area (Å²) in [5.74, 6) is 0. The van der Waals surface area contributed by atoms with Crippen LogP contribution in [0.4, 0.5) is 0 Å². The molecule has 8 heteroatoms. The Kier molecular flexibility index (Phi) is 5.64. The summed E-state index contributed by atoms with van der Waals surface area (Å²) < 4.78 is 5.82. The fourth-order valence-electron chi connectivity index (χ4n) is 1.29. The van der Waals surface area contributed by atoms with Gasteiger partial charge in [0.15, 0.2) is 9.50 Å². The van der Waals surface area contributed by atoms with Gasteiger partial charge in [-0.05, 0) is 18.7 Å². The molecule has 0 saturated heterocycles. The van der Waals surface area contributed by atoms with Crippen LogP contribution in [0.25, 0.3) is 0 Å². The van der Waals surface area contributed by atoms with Gasteiger partial charge in [-0.15, -0.1) is 10.2 Å². The zero-order chi connectivity index (χ0) is 13.5. The summed E-state index contributed by atoms with van der Waals surface area (Å²) in [6.07, 6.45) is 3.64. The van der Waals surface area contributed by atoms with E-state index < -0.39 is 0 Å². The lowest BCUT2D eigenvalue weighted by Gasteiger charge is -2.03. The Morgan fingerprint density at radius 3 is 2.74 bits per heavy atom. The van der Waals surface area contributed by atoms with Gasteiger partial charge >= 0.3 is 0 Å². The average molecular weight is 297 g/mol. The van der Waals surface area contributed by atoms with Crippen molar-refractivity contribution in [1.82, 2.24) is 25.5 Å². The lowest BCUT2D eigenvalue weighted by atomic mass is 10.3. The molecule has 0 fully saturated rings. The number of methoxy groups -OCH3 is 1. The summed E-state index contributed by atoms with van der Waals surface area (Å²) >= 11 is 2.97. The highest BCUT2D eigenvalue weighted by Gasteiger charge is 2.05. The topological polar surface area (TPSA) is 72.8 Å². The lowest BCUT2D eigenvalue weighted by molar-refractivity contribution is 0.199. The van der Waals surface area contributed by atoms with Gasteiger partial charge in [0.2, 0.25) is 0 Å². The second-order valence-corrected chi connectivity index (χ2v) is 6.13. The van der Waals surface area contributed by atoms with Gasteiger partial charge in [-0.2, -0.15) is 0 Å². The molecule has 19 heavy (non-hydrogen) atoms. The fraction of sp³-hybridized carbons (Fsp3) is 0.455. The molecule has 1 N–H and O–H groups in total. The predicted octanol–water partition coefficient (Wildman–Crippen LogP) is 1.52. The molecule has 2 rings (SSSR count). The van der Waals surface area contributed by atoms with Crippen LogP contribution in [0.5, 0.6) is 0 Å². The van der Waals surface area contributed by atoms with Crippen LogP contribution in [0.15, 0.2) is 21.9 Å². The number of rotatable bonds is 7. The van der Waals surface area contributed by atoms with Crippen molar-refractivity contribution in [3.63, 3.8) is 0 Å². The number of nitrogens with one attached hydrogen (secondary N) is 1. The molecule has 0 aromatic carbocycles. The van der Waals surface area contributed by atoms with Crippen molar-refractivity contribution in [1.29, 1.82) is 0 Å². The van der Waals surface area contributed by atoms with Gasteiger partial charge < -0.3 is 10.1 Å². The fourth-order valence-corrected chi connectivity index (χ4v) is 2.91. The Morgan fingerprint density at radius 1 is 1.32 bits per heavy atom. The van der Waals surface area contributed by atoms with Crippen molar-refractivity contribution in [3.05, 3.63) is 23.0 Å². The first-order valence-electron chi connectivity index (χ1n) is 5.76. The summed E-state index contributed by atoms with van der Waals surface area (Å²) in [7, 11) is 1.69. The van der Waals surface area contributed by atoms with Crippen LogP contribution in [-0.2, 0) is 11.3 Å². The van der Waals surface area contributed by atoms with Crippen LogP contribution in [0.2, 0.25) is 0 Å². The molecular formula is C11H15N5OS2. The van der Waals surface area contributed by atoms with Crippen LogP contribution in [-0.4, -0.2) is 40.4 Å². The summed E-state index contributed by atoms with van der Waals surface area (Å²) in [6, 6.07) is 0.